The number of pyridine rings is 2. The first-order chi connectivity index (χ1) is 11.7. The van der Waals surface area contributed by atoms with Gasteiger partial charge in [0.05, 0.1) is 17.3 Å². The number of aromatic nitrogens is 2. The molecule has 3 aromatic rings. The molecule has 1 amide bonds. The Hall–Kier alpha value is -2.66. The zero-order chi connectivity index (χ0) is 16.8. The molecule has 0 saturated heterocycles. The van der Waals surface area contributed by atoms with Crippen LogP contribution in [0.15, 0.2) is 83.0 Å². The number of amides is 1. The standard InChI is InChI=1S/C19H17N3OS/c1-14(17-11-5-6-12-20-17)22-18(23)16-10-7-13-21-19(16)24-15-8-3-2-4-9-15/h2-14H,1H3,(H,22,23). The Morgan fingerprint density at radius 3 is 2.46 bits per heavy atom. The average Bonchev–Trinajstić information content (AvgIpc) is 2.63. The second-order valence-corrected chi connectivity index (χ2v) is 6.28. The van der Waals surface area contributed by atoms with Gasteiger partial charge >= 0.3 is 0 Å². The fourth-order valence-electron chi connectivity index (χ4n) is 2.23. The molecule has 1 unspecified atom stereocenters. The van der Waals surface area contributed by atoms with Crippen molar-refractivity contribution in [3.63, 3.8) is 0 Å². The quantitative estimate of drug-likeness (QED) is 0.762. The van der Waals surface area contributed by atoms with Crippen LogP contribution < -0.4 is 5.32 Å². The van der Waals surface area contributed by atoms with Crippen LogP contribution in [0, 0.1) is 0 Å². The van der Waals surface area contributed by atoms with Gasteiger partial charge in [0.15, 0.2) is 0 Å². The Balaban J connectivity index is 1.78. The molecule has 1 atom stereocenters. The van der Waals surface area contributed by atoms with E-state index in [0.29, 0.717) is 10.6 Å². The lowest BCUT2D eigenvalue weighted by molar-refractivity contribution is 0.0935. The number of carbonyl (C=O) groups excluding carboxylic acids is 1. The first-order valence-electron chi connectivity index (χ1n) is 7.64. The van der Waals surface area contributed by atoms with Gasteiger partial charge < -0.3 is 5.32 Å². The predicted octanol–water partition coefficient (Wildman–Crippen LogP) is 4.12. The highest BCUT2D eigenvalue weighted by Gasteiger charge is 2.16. The third kappa shape index (κ3) is 4.00. The first kappa shape index (κ1) is 16.2. The van der Waals surface area contributed by atoms with Gasteiger partial charge in [-0.1, -0.05) is 36.0 Å². The normalized spacial score (nSPS) is 11.7. The molecule has 0 spiro atoms. The summed E-state index contributed by atoms with van der Waals surface area (Å²) in [6, 6.07) is 18.9. The van der Waals surface area contributed by atoms with Gasteiger partial charge in [-0.05, 0) is 43.3 Å². The minimum atomic E-state index is -0.173. The summed E-state index contributed by atoms with van der Waals surface area (Å²) in [5, 5.41) is 3.67. The number of rotatable bonds is 5. The fourth-order valence-corrected chi connectivity index (χ4v) is 3.13. The maximum absolute atomic E-state index is 12.6. The van der Waals surface area contributed by atoms with Crippen molar-refractivity contribution in [2.75, 3.05) is 0 Å². The molecule has 0 aliphatic rings. The zero-order valence-corrected chi connectivity index (χ0v) is 14.0. The Labute approximate surface area is 145 Å². The fraction of sp³-hybridized carbons (Fsp3) is 0.105. The van der Waals surface area contributed by atoms with Crippen molar-refractivity contribution in [2.24, 2.45) is 0 Å². The van der Waals surface area contributed by atoms with Gasteiger partial charge in [0.25, 0.3) is 5.91 Å². The van der Waals surface area contributed by atoms with Crippen molar-refractivity contribution in [1.29, 1.82) is 0 Å². The molecule has 0 saturated carbocycles. The molecule has 0 aliphatic heterocycles. The highest BCUT2D eigenvalue weighted by molar-refractivity contribution is 7.99. The van der Waals surface area contributed by atoms with Crippen molar-refractivity contribution in [1.82, 2.24) is 15.3 Å². The summed E-state index contributed by atoms with van der Waals surface area (Å²) in [7, 11) is 0. The lowest BCUT2D eigenvalue weighted by Gasteiger charge is -2.14. The van der Waals surface area contributed by atoms with Gasteiger partial charge in [-0.3, -0.25) is 9.78 Å². The molecule has 3 rings (SSSR count). The van der Waals surface area contributed by atoms with E-state index in [1.165, 1.54) is 11.8 Å². The summed E-state index contributed by atoms with van der Waals surface area (Å²) in [4.78, 5) is 22.3. The molecular formula is C19H17N3OS. The zero-order valence-electron chi connectivity index (χ0n) is 13.2. The van der Waals surface area contributed by atoms with E-state index in [1.807, 2.05) is 55.5 Å². The van der Waals surface area contributed by atoms with Crippen LogP contribution in [0.2, 0.25) is 0 Å². The number of nitrogens with zero attached hydrogens (tertiary/aromatic N) is 2. The van der Waals surface area contributed by atoms with Crippen LogP contribution in [0.5, 0.6) is 0 Å². The SMILES string of the molecule is CC(NC(=O)c1cccnc1Sc1ccccc1)c1ccccn1. The lowest BCUT2D eigenvalue weighted by atomic mass is 10.2. The molecule has 5 heteroatoms. The van der Waals surface area contributed by atoms with E-state index in [-0.39, 0.29) is 11.9 Å². The van der Waals surface area contributed by atoms with Crippen LogP contribution in [0.25, 0.3) is 0 Å². The van der Waals surface area contributed by atoms with E-state index in [2.05, 4.69) is 15.3 Å². The molecular weight excluding hydrogens is 318 g/mol. The second-order valence-electron chi connectivity index (χ2n) is 5.22. The Kier molecular flexibility index (Phi) is 5.23. The Bertz CT molecular complexity index is 809. The number of hydrogen-bond donors (Lipinski definition) is 1. The third-order valence-electron chi connectivity index (χ3n) is 3.45. The summed E-state index contributed by atoms with van der Waals surface area (Å²) >= 11 is 1.48. The van der Waals surface area contributed by atoms with Crippen LogP contribution in [0.1, 0.15) is 29.0 Å². The van der Waals surface area contributed by atoms with Gasteiger partial charge in [-0.25, -0.2) is 4.98 Å². The molecule has 4 nitrogen and oxygen atoms in total. The topological polar surface area (TPSA) is 54.9 Å². The van der Waals surface area contributed by atoms with Crippen molar-refractivity contribution in [3.8, 4) is 0 Å². The van der Waals surface area contributed by atoms with Crippen molar-refractivity contribution in [2.45, 2.75) is 22.9 Å². The summed E-state index contributed by atoms with van der Waals surface area (Å²) in [6.07, 6.45) is 3.42. The minimum Gasteiger partial charge on any atom is -0.344 e. The molecule has 0 fully saturated rings. The minimum absolute atomic E-state index is 0.153. The van der Waals surface area contributed by atoms with E-state index >= 15 is 0 Å². The molecule has 0 bridgehead atoms. The smallest absolute Gasteiger partial charge is 0.254 e. The van der Waals surface area contributed by atoms with Gasteiger partial charge in [0, 0.05) is 17.3 Å². The van der Waals surface area contributed by atoms with Crippen molar-refractivity contribution < 1.29 is 4.79 Å². The molecule has 2 aromatic heterocycles. The summed E-state index contributed by atoms with van der Waals surface area (Å²) in [5.41, 5.74) is 1.39. The van der Waals surface area contributed by atoms with E-state index in [0.717, 1.165) is 10.6 Å². The van der Waals surface area contributed by atoms with Crippen molar-refractivity contribution >= 4 is 17.7 Å². The molecule has 1 N–H and O–H groups in total. The molecule has 120 valence electrons. The predicted molar refractivity (Wildman–Crippen MR) is 94.9 cm³/mol. The second kappa shape index (κ2) is 7.75. The van der Waals surface area contributed by atoms with Gasteiger partial charge in [-0.15, -0.1) is 0 Å². The lowest BCUT2D eigenvalue weighted by Crippen LogP contribution is -2.27. The van der Waals surface area contributed by atoms with Gasteiger partial charge in [0.1, 0.15) is 5.03 Å². The van der Waals surface area contributed by atoms with E-state index in [4.69, 9.17) is 0 Å². The molecule has 1 aromatic carbocycles. The monoisotopic (exact) mass is 335 g/mol. The molecule has 24 heavy (non-hydrogen) atoms. The highest BCUT2D eigenvalue weighted by Crippen LogP contribution is 2.28. The Morgan fingerprint density at radius 2 is 1.71 bits per heavy atom. The van der Waals surface area contributed by atoms with Gasteiger partial charge in [0.2, 0.25) is 0 Å². The largest absolute Gasteiger partial charge is 0.344 e. The van der Waals surface area contributed by atoms with Crippen LogP contribution in [-0.2, 0) is 0 Å². The number of hydrogen-bond acceptors (Lipinski definition) is 4. The number of carbonyl (C=O) groups is 1. The van der Waals surface area contributed by atoms with Gasteiger partial charge in [-0.2, -0.15) is 0 Å². The maximum Gasteiger partial charge on any atom is 0.254 e. The summed E-state index contributed by atoms with van der Waals surface area (Å²) in [5.74, 6) is -0.153. The van der Waals surface area contributed by atoms with Crippen LogP contribution in [-0.4, -0.2) is 15.9 Å². The van der Waals surface area contributed by atoms with E-state index < -0.39 is 0 Å². The van der Waals surface area contributed by atoms with E-state index in [9.17, 15) is 4.79 Å². The Morgan fingerprint density at radius 1 is 0.958 bits per heavy atom. The average molecular weight is 335 g/mol. The van der Waals surface area contributed by atoms with Crippen LogP contribution in [0.3, 0.4) is 0 Å². The summed E-state index contributed by atoms with van der Waals surface area (Å²) < 4.78 is 0. The molecule has 0 radical (unpaired) electrons. The number of benzene rings is 1. The first-order valence-corrected chi connectivity index (χ1v) is 8.45. The number of nitrogens with one attached hydrogen (secondary N) is 1. The maximum atomic E-state index is 12.6. The molecule has 0 aliphatic carbocycles. The van der Waals surface area contributed by atoms with Crippen LogP contribution >= 0.6 is 11.8 Å². The third-order valence-corrected chi connectivity index (χ3v) is 4.48. The van der Waals surface area contributed by atoms with E-state index in [1.54, 1.807) is 24.5 Å². The highest BCUT2D eigenvalue weighted by atomic mass is 32.2. The van der Waals surface area contributed by atoms with Crippen LogP contribution in [0.4, 0.5) is 0 Å². The van der Waals surface area contributed by atoms with Crippen molar-refractivity contribution in [3.05, 3.63) is 84.3 Å². The molecule has 2 heterocycles. The summed E-state index contributed by atoms with van der Waals surface area (Å²) in [6.45, 7) is 1.92.